The second kappa shape index (κ2) is 7.43. The molecule has 0 atom stereocenters. The molecule has 0 aliphatic carbocycles. The number of aromatic nitrogens is 2. The molecule has 2 heterocycles. The third-order valence-electron chi connectivity index (χ3n) is 4.08. The number of furan rings is 1. The van der Waals surface area contributed by atoms with Crippen LogP contribution in [0, 0.1) is 13.8 Å². The molecule has 0 radical (unpaired) electrons. The van der Waals surface area contributed by atoms with E-state index < -0.39 is 0 Å². The normalized spacial score (nSPS) is 11.2. The number of hydrogen-bond acceptors (Lipinski definition) is 3. The number of aryl methyl sites for hydroxylation is 1. The summed E-state index contributed by atoms with van der Waals surface area (Å²) in [5.41, 5.74) is 4.18. The van der Waals surface area contributed by atoms with E-state index in [0.717, 1.165) is 29.3 Å². The van der Waals surface area contributed by atoms with Crippen molar-refractivity contribution in [2.24, 2.45) is 0 Å². The number of nitrogens with zero attached hydrogens (tertiary/aromatic N) is 2. The van der Waals surface area contributed by atoms with E-state index in [2.05, 4.69) is 17.3 Å². The van der Waals surface area contributed by atoms with Crippen LogP contribution in [0.3, 0.4) is 0 Å². The quantitative estimate of drug-likeness (QED) is 0.687. The molecule has 0 fully saturated rings. The SMILES string of the molecule is Cc1nn(Cc2c(Cl)cccc2Cl)c(C)c1CNCc1ccco1. The summed E-state index contributed by atoms with van der Waals surface area (Å²) in [7, 11) is 0. The molecule has 24 heavy (non-hydrogen) atoms. The highest BCUT2D eigenvalue weighted by Crippen LogP contribution is 2.26. The number of hydrogen-bond donors (Lipinski definition) is 1. The van der Waals surface area contributed by atoms with Crippen LogP contribution in [0.5, 0.6) is 0 Å². The zero-order chi connectivity index (χ0) is 17.1. The van der Waals surface area contributed by atoms with Gasteiger partial charge in [0.25, 0.3) is 0 Å². The first-order valence-corrected chi connectivity index (χ1v) is 8.50. The van der Waals surface area contributed by atoms with Crippen molar-refractivity contribution in [3.8, 4) is 0 Å². The summed E-state index contributed by atoms with van der Waals surface area (Å²) in [6.07, 6.45) is 1.68. The lowest BCUT2D eigenvalue weighted by molar-refractivity contribution is 0.482. The Morgan fingerprint density at radius 2 is 1.79 bits per heavy atom. The third kappa shape index (κ3) is 3.66. The van der Waals surface area contributed by atoms with Crippen LogP contribution in [-0.4, -0.2) is 9.78 Å². The third-order valence-corrected chi connectivity index (χ3v) is 4.79. The van der Waals surface area contributed by atoms with Gasteiger partial charge in [-0.3, -0.25) is 4.68 Å². The minimum atomic E-state index is 0.559. The zero-order valence-electron chi connectivity index (χ0n) is 13.6. The summed E-state index contributed by atoms with van der Waals surface area (Å²) >= 11 is 12.5. The molecule has 0 unspecified atom stereocenters. The molecule has 3 aromatic rings. The van der Waals surface area contributed by atoms with Gasteiger partial charge in [-0.05, 0) is 38.1 Å². The lowest BCUT2D eigenvalue weighted by atomic mass is 10.2. The van der Waals surface area contributed by atoms with Crippen molar-refractivity contribution in [2.45, 2.75) is 33.5 Å². The van der Waals surface area contributed by atoms with Gasteiger partial charge in [0.15, 0.2) is 0 Å². The lowest BCUT2D eigenvalue weighted by Gasteiger charge is -2.09. The zero-order valence-corrected chi connectivity index (χ0v) is 15.2. The van der Waals surface area contributed by atoms with Gasteiger partial charge in [0.1, 0.15) is 5.76 Å². The van der Waals surface area contributed by atoms with E-state index in [1.165, 1.54) is 5.56 Å². The largest absolute Gasteiger partial charge is 0.468 e. The predicted molar refractivity (Wildman–Crippen MR) is 96.5 cm³/mol. The minimum absolute atomic E-state index is 0.559. The lowest BCUT2D eigenvalue weighted by Crippen LogP contribution is -2.13. The van der Waals surface area contributed by atoms with Crippen LogP contribution < -0.4 is 5.32 Å². The molecule has 2 aromatic heterocycles. The van der Waals surface area contributed by atoms with Crippen molar-refractivity contribution in [1.29, 1.82) is 0 Å². The van der Waals surface area contributed by atoms with Gasteiger partial charge in [-0.15, -0.1) is 0 Å². The Kier molecular flexibility index (Phi) is 5.29. The maximum Gasteiger partial charge on any atom is 0.117 e. The van der Waals surface area contributed by atoms with Gasteiger partial charge in [0.05, 0.1) is 25.0 Å². The highest BCUT2D eigenvalue weighted by Gasteiger charge is 2.14. The molecule has 6 heteroatoms. The molecule has 0 aliphatic rings. The van der Waals surface area contributed by atoms with Crippen molar-refractivity contribution in [2.75, 3.05) is 0 Å². The summed E-state index contributed by atoms with van der Waals surface area (Å²) in [5.74, 6) is 0.917. The standard InChI is InChI=1S/C18H19Cl2N3O/c1-12-15(10-21-9-14-5-4-8-24-14)13(2)23(22-12)11-16-17(19)6-3-7-18(16)20/h3-8,21H,9-11H2,1-2H3. The Morgan fingerprint density at radius 3 is 2.46 bits per heavy atom. The summed E-state index contributed by atoms with van der Waals surface area (Å²) in [4.78, 5) is 0. The van der Waals surface area contributed by atoms with Crippen LogP contribution in [0.2, 0.25) is 10.0 Å². The maximum atomic E-state index is 6.27. The van der Waals surface area contributed by atoms with E-state index in [4.69, 9.17) is 27.6 Å². The Balaban J connectivity index is 1.74. The minimum Gasteiger partial charge on any atom is -0.468 e. The first kappa shape index (κ1) is 17.1. The fraction of sp³-hybridized carbons (Fsp3) is 0.278. The summed E-state index contributed by atoms with van der Waals surface area (Å²) < 4.78 is 7.28. The Morgan fingerprint density at radius 1 is 1.04 bits per heavy atom. The molecule has 126 valence electrons. The average Bonchev–Trinajstić information content (AvgIpc) is 3.14. The van der Waals surface area contributed by atoms with Gasteiger partial charge in [-0.2, -0.15) is 5.10 Å². The van der Waals surface area contributed by atoms with Gasteiger partial charge < -0.3 is 9.73 Å². The molecule has 1 N–H and O–H groups in total. The van der Waals surface area contributed by atoms with Crippen LogP contribution in [-0.2, 0) is 19.6 Å². The monoisotopic (exact) mass is 363 g/mol. The highest BCUT2D eigenvalue weighted by atomic mass is 35.5. The first-order chi connectivity index (χ1) is 11.6. The van der Waals surface area contributed by atoms with E-state index >= 15 is 0 Å². The van der Waals surface area contributed by atoms with E-state index in [1.54, 1.807) is 6.26 Å². The summed E-state index contributed by atoms with van der Waals surface area (Å²) in [5, 5.41) is 9.35. The van der Waals surface area contributed by atoms with Gasteiger partial charge in [-0.1, -0.05) is 29.3 Å². The fourth-order valence-electron chi connectivity index (χ4n) is 2.70. The van der Waals surface area contributed by atoms with Crippen LogP contribution >= 0.6 is 23.2 Å². The molecule has 0 saturated heterocycles. The van der Waals surface area contributed by atoms with Crippen LogP contribution in [0.15, 0.2) is 41.0 Å². The summed E-state index contributed by atoms with van der Waals surface area (Å²) in [6, 6.07) is 9.38. The average molecular weight is 364 g/mol. The van der Waals surface area contributed by atoms with E-state index in [0.29, 0.717) is 23.1 Å². The Bertz CT molecular complexity index is 805. The van der Waals surface area contributed by atoms with E-state index in [-0.39, 0.29) is 0 Å². The van der Waals surface area contributed by atoms with Crippen molar-refractivity contribution in [3.05, 3.63) is 74.9 Å². The van der Waals surface area contributed by atoms with Gasteiger partial charge in [-0.25, -0.2) is 0 Å². The van der Waals surface area contributed by atoms with Crippen LogP contribution in [0.25, 0.3) is 0 Å². The molecule has 0 saturated carbocycles. The number of halogens is 2. The Hall–Kier alpha value is -1.75. The molecule has 1 aromatic carbocycles. The molecule has 3 rings (SSSR count). The fourth-order valence-corrected chi connectivity index (χ4v) is 3.22. The van der Waals surface area contributed by atoms with E-state index in [9.17, 15) is 0 Å². The smallest absolute Gasteiger partial charge is 0.117 e. The molecule has 0 bridgehead atoms. The van der Waals surface area contributed by atoms with Crippen molar-refractivity contribution in [3.63, 3.8) is 0 Å². The molecule has 0 aliphatic heterocycles. The second-order valence-electron chi connectivity index (χ2n) is 5.69. The van der Waals surface area contributed by atoms with Crippen molar-refractivity contribution < 1.29 is 4.42 Å². The molecular formula is C18H19Cl2N3O. The van der Waals surface area contributed by atoms with E-state index in [1.807, 2.05) is 41.9 Å². The van der Waals surface area contributed by atoms with Crippen molar-refractivity contribution >= 4 is 23.2 Å². The molecule has 0 spiro atoms. The van der Waals surface area contributed by atoms with Gasteiger partial charge >= 0.3 is 0 Å². The van der Waals surface area contributed by atoms with Gasteiger partial charge in [0.2, 0.25) is 0 Å². The predicted octanol–water partition coefficient (Wildman–Crippen LogP) is 4.74. The Labute approximate surface area is 151 Å². The van der Waals surface area contributed by atoms with Crippen molar-refractivity contribution in [1.82, 2.24) is 15.1 Å². The second-order valence-corrected chi connectivity index (χ2v) is 6.50. The number of nitrogens with one attached hydrogen (secondary N) is 1. The molecular weight excluding hydrogens is 345 g/mol. The molecule has 0 amide bonds. The highest BCUT2D eigenvalue weighted by molar-refractivity contribution is 6.35. The maximum absolute atomic E-state index is 6.27. The number of benzene rings is 1. The van der Waals surface area contributed by atoms with Gasteiger partial charge in [0, 0.05) is 33.4 Å². The van der Waals surface area contributed by atoms with Crippen LogP contribution in [0.4, 0.5) is 0 Å². The van der Waals surface area contributed by atoms with Crippen LogP contribution in [0.1, 0.15) is 28.3 Å². The first-order valence-electron chi connectivity index (χ1n) is 7.75. The topological polar surface area (TPSA) is 43.0 Å². The number of rotatable bonds is 6. The summed E-state index contributed by atoms with van der Waals surface area (Å²) in [6.45, 7) is 6.06. The molecule has 4 nitrogen and oxygen atoms in total.